The van der Waals surface area contributed by atoms with E-state index in [1.165, 1.54) is 44.3 Å². The summed E-state index contributed by atoms with van der Waals surface area (Å²) in [6.45, 7) is 6.76. The maximum absolute atomic E-state index is 4.12. The van der Waals surface area contributed by atoms with Gasteiger partial charge in [-0.1, -0.05) is 12.2 Å². The third-order valence-electron chi connectivity index (χ3n) is 2.78. The van der Waals surface area contributed by atoms with Gasteiger partial charge in [0.15, 0.2) is 0 Å². The first-order chi connectivity index (χ1) is 4.88. The predicted molar refractivity (Wildman–Crippen MR) is 43.0 cm³/mol. The van der Waals surface area contributed by atoms with Crippen LogP contribution in [0.5, 0.6) is 0 Å². The Labute approximate surface area is 62.7 Å². The smallest absolute Gasteiger partial charge is 0.0305 e. The summed E-state index contributed by atoms with van der Waals surface area (Å²) in [4.78, 5) is 2.59. The van der Waals surface area contributed by atoms with Crippen LogP contribution in [0.1, 0.15) is 25.7 Å². The molecule has 10 heavy (non-hydrogen) atoms. The summed E-state index contributed by atoms with van der Waals surface area (Å²) < 4.78 is 0. The predicted octanol–water partition coefficient (Wildman–Crippen LogP) is 1.80. The van der Waals surface area contributed by atoms with E-state index in [0.717, 1.165) is 6.04 Å². The van der Waals surface area contributed by atoms with Gasteiger partial charge in [0.2, 0.25) is 0 Å². The third-order valence-corrected chi connectivity index (χ3v) is 2.78. The van der Waals surface area contributed by atoms with Gasteiger partial charge in [0.25, 0.3) is 0 Å². The lowest BCUT2D eigenvalue weighted by atomic mass is 9.98. The molecule has 0 radical (unpaired) electrons. The molecule has 0 aromatic rings. The molecule has 0 saturated carbocycles. The van der Waals surface area contributed by atoms with Crippen LogP contribution in [-0.4, -0.2) is 24.0 Å². The molecule has 2 aliphatic rings. The number of hydrogen-bond donors (Lipinski definition) is 0. The fraction of sp³-hybridized carbons (Fsp3) is 0.778. The van der Waals surface area contributed by atoms with Crippen LogP contribution in [-0.2, 0) is 0 Å². The van der Waals surface area contributed by atoms with Gasteiger partial charge >= 0.3 is 0 Å². The maximum atomic E-state index is 4.12. The van der Waals surface area contributed by atoms with E-state index >= 15 is 0 Å². The third kappa shape index (κ3) is 0.891. The Morgan fingerprint density at radius 2 is 2.10 bits per heavy atom. The highest BCUT2D eigenvalue weighted by Gasteiger charge is 2.28. The molecule has 2 heterocycles. The average molecular weight is 137 g/mol. The maximum Gasteiger partial charge on any atom is 0.0305 e. The number of rotatable bonds is 0. The lowest BCUT2D eigenvalue weighted by Crippen LogP contribution is -2.35. The standard InChI is InChI=1S/C9H15N/c1-8-4-2-6-10-7-3-5-9(8)10/h9H,1-7H2/t9-/m1/s1. The molecule has 0 aromatic carbocycles. The van der Waals surface area contributed by atoms with E-state index in [-0.39, 0.29) is 0 Å². The van der Waals surface area contributed by atoms with E-state index in [4.69, 9.17) is 0 Å². The van der Waals surface area contributed by atoms with Gasteiger partial charge in [-0.3, -0.25) is 4.90 Å². The molecule has 2 fully saturated rings. The Bertz CT molecular complexity index is 151. The highest BCUT2D eigenvalue weighted by atomic mass is 15.2. The molecule has 0 aliphatic carbocycles. The van der Waals surface area contributed by atoms with Crippen LogP contribution in [0.4, 0.5) is 0 Å². The van der Waals surface area contributed by atoms with Gasteiger partial charge in [-0.15, -0.1) is 0 Å². The quantitative estimate of drug-likeness (QED) is 0.460. The normalized spacial score (nSPS) is 34.4. The molecule has 2 rings (SSSR count). The van der Waals surface area contributed by atoms with Crippen molar-refractivity contribution in [3.8, 4) is 0 Å². The SMILES string of the molecule is C=C1CCCN2CCC[C@H]12. The Hall–Kier alpha value is -0.300. The Morgan fingerprint density at radius 1 is 1.30 bits per heavy atom. The second kappa shape index (κ2) is 2.39. The molecule has 0 unspecified atom stereocenters. The van der Waals surface area contributed by atoms with Crippen molar-refractivity contribution in [2.24, 2.45) is 0 Å². The molecule has 0 spiro atoms. The minimum absolute atomic E-state index is 0.772. The first kappa shape index (κ1) is 6.41. The zero-order valence-electron chi connectivity index (χ0n) is 6.47. The van der Waals surface area contributed by atoms with Crippen LogP contribution in [0, 0.1) is 0 Å². The van der Waals surface area contributed by atoms with Crippen LogP contribution >= 0.6 is 0 Å². The highest BCUT2D eigenvalue weighted by Crippen LogP contribution is 2.29. The molecule has 56 valence electrons. The zero-order chi connectivity index (χ0) is 6.97. The van der Waals surface area contributed by atoms with E-state index in [1.54, 1.807) is 0 Å². The van der Waals surface area contributed by atoms with E-state index in [9.17, 15) is 0 Å². The minimum Gasteiger partial charge on any atom is -0.297 e. The summed E-state index contributed by atoms with van der Waals surface area (Å²) >= 11 is 0. The Balaban J connectivity index is 2.10. The van der Waals surface area contributed by atoms with Crippen LogP contribution in [0.15, 0.2) is 12.2 Å². The van der Waals surface area contributed by atoms with Crippen LogP contribution in [0.2, 0.25) is 0 Å². The van der Waals surface area contributed by atoms with E-state index in [0.29, 0.717) is 0 Å². The minimum atomic E-state index is 0.772. The second-order valence-electron chi connectivity index (χ2n) is 3.46. The largest absolute Gasteiger partial charge is 0.297 e. The van der Waals surface area contributed by atoms with Crippen molar-refractivity contribution in [1.29, 1.82) is 0 Å². The van der Waals surface area contributed by atoms with E-state index < -0.39 is 0 Å². The molecule has 1 heteroatoms. The lowest BCUT2D eigenvalue weighted by Gasteiger charge is -2.31. The van der Waals surface area contributed by atoms with Crippen LogP contribution in [0.3, 0.4) is 0 Å². The number of nitrogens with zero attached hydrogens (tertiary/aromatic N) is 1. The van der Waals surface area contributed by atoms with E-state index in [1.807, 2.05) is 0 Å². The van der Waals surface area contributed by atoms with Crippen molar-refractivity contribution in [2.75, 3.05) is 13.1 Å². The lowest BCUT2D eigenvalue weighted by molar-refractivity contribution is 0.246. The van der Waals surface area contributed by atoms with Gasteiger partial charge in [-0.2, -0.15) is 0 Å². The van der Waals surface area contributed by atoms with Gasteiger partial charge in [0.1, 0.15) is 0 Å². The molecule has 0 aromatic heterocycles. The monoisotopic (exact) mass is 137 g/mol. The fourth-order valence-electron chi connectivity index (χ4n) is 2.23. The van der Waals surface area contributed by atoms with Gasteiger partial charge in [-0.05, 0) is 38.8 Å². The molecule has 0 N–H and O–H groups in total. The molecule has 2 saturated heterocycles. The number of piperidine rings is 1. The highest BCUT2D eigenvalue weighted by molar-refractivity contribution is 5.11. The van der Waals surface area contributed by atoms with E-state index in [2.05, 4.69) is 11.5 Å². The molecule has 0 amide bonds. The second-order valence-corrected chi connectivity index (χ2v) is 3.46. The summed E-state index contributed by atoms with van der Waals surface area (Å²) in [6, 6.07) is 0.772. The first-order valence-corrected chi connectivity index (χ1v) is 4.29. The van der Waals surface area contributed by atoms with Gasteiger partial charge in [0, 0.05) is 6.04 Å². The summed E-state index contributed by atoms with van der Waals surface area (Å²) in [5, 5.41) is 0. The molecule has 1 atom stereocenters. The van der Waals surface area contributed by atoms with Crippen LogP contribution in [0.25, 0.3) is 0 Å². The summed E-state index contributed by atoms with van der Waals surface area (Å²) in [5.74, 6) is 0. The average Bonchev–Trinajstić information content (AvgIpc) is 2.36. The Morgan fingerprint density at radius 3 is 2.90 bits per heavy atom. The van der Waals surface area contributed by atoms with Gasteiger partial charge in [0.05, 0.1) is 0 Å². The van der Waals surface area contributed by atoms with Crippen LogP contribution < -0.4 is 0 Å². The molecular weight excluding hydrogens is 122 g/mol. The van der Waals surface area contributed by atoms with Gasteiger partial charge in [-0.25, -0.2) is 0 Å². The summed E-state index contributed by atoms with van der Waals surface area (Å²) in [5.41, 5.74) is 1.49. The topological polar surface area (TPSA) is 3.24 Å². The van der Waals surface area contributed by atoms with Crippen molar-refractivity contribution in [3.05, 3.63) is 12.2 Å². The van der Waals surface area contributed by atoms with Crippen molar-refractivity contribution >= 4 is 0 Å². The van der Waals surface area contributed by atoms with Crippen molar-refractivity contribution in [1.82, 2.24) is 4.90 Å². The molecule has 0 bridgehead atoms. The summed E-state index contributed by atoms with van der Waals surface area (Å²) in [7, 11) is 0. The molecule has 1 nitrogen and oxygen atoms in total. The van der Waals surface area contributed by atoms with Crippen molar-refractivity contribution < 1.29 is 0 Å². The zero-order valence-corrected chi connectivity index (χ0v) is 6.47. The Kier molecular flexibility index (Phi) is 1.53. The molecular formula is C9H15N. The van der Waals surface area contributed by atoms with Crippen molar-refractivity contribution in [2.45, 2.75) is 31.7 Å². The summed E-state index contributed by atoms with van der Waals surface area (Å²) in [6.07, 6.45) is 5.39. The fourth-order valence-corrected chi connectivity index (χ4v) is 2.23. The van der Waals surface area contributed by atoms with Gasteiger partial charge < -0.3 is 0 Å². The first-order valence-electron chi connectivity index (χ1n) is 4.29. The molecule has 2 aliphatic heterocycles. The number of fused-ring (bicyclic) bond motifs is 1. The van der Waals surface area contributed by atoms with Crippen molar-refractivity contribution in [3.63, 3.8) is 0 Å². The number of hydrogen-bond acceptors (Lipinski definition) is 1.